The summed E-state index contributed by atoms with van der Waals surface area (Å²) < 4.78 is 2.60. The fourth-order valence-electron chi connectivity index (χ4n) is 2.21. The van der Waals surface area contributed by atoms with Crippen LogP contribution in [0.1, 0.15) is 20.8 Å². The fourth-order valence-corrected chi connectivity index (χ4v) is 2.62. The van der Waals surface area contributed by atoms with Crippen LogP contribution < -0.4 is 0 Å². The molecule has 0 aliphatic carbocycles. The van der Waals surface area contributed by atoms with Crippen LogP contribution in [0.5, 0.6) is 0 Å². The van der Waals surface area contributed by atoms with Crippen molar-refractivity contribution in [2.45, 2.75) is 26.3 Å². The van der Waals surface area contributed by atoms with Gasteiger partial charge in [-0.25, -0.2) is 0 Å². The van der Waals surface area contributed by atoms with Crippen molar-refractivity contribution in [3.8, 4) is 11.5 Å². The van der Waals surface area contributed by atoms with Crippen LogP contribution in [0.15, 0.2) is 24.3 Å². The lowest BCUT2D eigenvalue weighted by molar-refractivity contribution is 0.395. The van der Waals surface area contributed by atoms with Gasteiger partial charge in [-0.1, -0.05) is 18.2 Å². The van der Waals surface area contributed by atoms with Gasteiger partial charge in [-0.2, -0.15) is 10.2 Å². The molecule has 0 amide bonds. The second-order valence-corrected chi connectivity index (χ2v) is 5.86. The highest BCUT2D eigenvalue weighted by Gasteiger charge is 2.23. The Labute approximate surface area is 115 Å². The Morgan fingerprint density at radius 1 is 1.11 bits per heavy atom. The van der Waals surface area contributed by atoms with Crippen molar-refractivity contribution in [1.29, 1.82) is 0 Å². The van der Waals surface area contributed by atoms with Crippen molar-refractivity contribution < 1.29 is 0 Å². The fraction of sp³-hybridized carbons (Fsp3) is 0.308. The maximum absolute atomic E-state index is 5.32. The number of aromatic nitrogens is 5. The van der Waals surface area contributed by atoms with Crippen LogP contribution in [0.4, 0.5) is 0 Å². The molecule has 0 spiro atoms. The van der Waals surface area contributed by atoms with Gasteiger partial charge in [0.1, 0.15) is 5.69 Å². The second kappa shape index (κ2) is 4.03. The van der Waals surface area contributed by atoms with E-state index in [9.17, 15) is 0 Å². The van der Waals surface area contributed by atoms with E-state index in [1.165, 1.54) is 0 Å². The van der Waals surface area contributed by atoms with Crippen LogP contribution in [0, 0.1) is 4.77 Å². The quantitative estimate of drug-likeness (QED) is 0.669. The van der Waals surface area contributed by atoms with E-state index in [0.717, 1.165) is 22.4 Å². The highest BCUT2D eigenvalue weighted by atomic mass is 32.1. The minimum absolute atomic E-state index is 0.153. The van der Waals surface area contributed by atoms with Gasteiger partial charge in [-0.15, -0.1) is 0 Å². The first-order chi connectivity index (χ1) is 8.98. The van der Waals surface area contributed by atoms with E-state index in [1.54, 1.807) is 0 Å². The van der Waals surface area contributed by atoms with E-state index in [-0.39, 0.29) is 5.54 Å². The molecule has 1 aromatic carbocycles. The molecular weight excluding hydrogens is 258 g/mol. The number of nitrogens with one attached hydrogen (secondary N) is 2. The Kier molecular flexibility index (Phi) is 2.56. The molecule has 0 atom stereocenters. The third kappa shape index (κ3) is 1.88. The van der Waals surface area contributed by atoms with Crippen molar-refractivity contribution in [1.82, 2.24) is 25.0 Å². The summed E-state index contributed by atoms with van der Waals surface area (Å²) in [6.45, 7) is 6.28. The lowest BCUT2D eigenvalue weighted by atomic mass is 10.1. The third-order valence-electron chi connectivity index (χ3n) is 3.03. The smallest absolute Gasteiger partial charge is 0.195 e. The standard InChI is InChI=1S/C13H15N5S/c1-13(2,3)18-11(16-17-12(18)19)10-8-6-4-5-7-9(8)14-15-10/h4-7H,1-3H3,(H,14,15)(H,17,19). The molecule has 0 aliphatic heterocycles. The molecule has 2 aromatic heterocycles. The zero-order valence-electron chi connectivity index (χ0n) is 11.1. The highest BCUT2D eigenvalue weighted by Crippen LogP contribution is 2.28. The van der Waals surface area contributed by atoms with Crippen molar-refractivity contribution >= 4 is 23.1 Å². The zero-order chi connectivity index (χ0) is 13.6. The van der Waals surface area contributed by atoms with Gasteiger partial charge in [0.05, 0.1) is 5.52 Å². The SMILES string of the molecule is CC(C)(C)n1c(-c2n[nH]c3ccccc23)n[nH]c1=S. The number of nitrogens with zero attached hydrogens (tertiary/aromatic N) is 3. The van der Waals surface area contributed by atoms with Crippen molar-refractivity contribution in [2.75, 3.05) is 0 Å². The summed E-state index contributed by atoms with van der Waals surface area (Å²) in [5, 5.41) is 15.6. The first-order valence-electron chi connectivity index (χ1n) is 6.10. The van der Waals surface area contributed by atoms with Gasteiger partial charge in [0.25, 0.3) is 0 Å². The maximum atomic E-state index is 5.32. The van der Waals surface area contributed by atoms with Crippen molar-refractivity contribution in [2.24, 2.45) is 0 Å². The molecule has 6 heteroatoms. The number of aromatic amines is 2. The Bertz CT molecular complexity index is 787. The minimum Gasteiger partial charge on any atom is -0.293 e. The predicted octanol–water partition coefficient (Wildman–Crippen LogP) is 3.24. The summed E-state index contributed by atoms with van der Waals surface area (Å²) in [7, 11) is 0. The first-order valence-corrected chi connectivity index (χ1v) is 6.50. The molecule has 0 saturated carbocycles. The number of hydrogen-bond acceptors (Lipinski definition) is 3. The van der Waals surface area contributed by atoms with Crippen LogP contribution in [-0.2, 0) is 5.54 Å². The first kappa shape index (κ1) is 12.1. The Morgan fingerprint density at radius 2 is 1.84 bits per heavy atom. The monoisotopic (exact) mass is 273 g/mol. The number of hydrogen-bond donors (Lipinski definition) is 2. The van der Waals surface area contributed by atoms with Gasteiger partial charge in [0.15, 0.2) is 10.6 Å². The molecule has 0 bridgehead atoms. The van der Waals surface area contributed by atoms with Gasteiger partial charge in [-0.3, -0.25) is 14.8 Å². The van der Waals surface area contributed by atoms with E-state index in [4.69, 9.17) is 12.2 Å². The maximum Gasteiger partial charge on any atom is 0.195 e. The van der Waals surface area contributed by atoms with Gasteiger partial charge in [-0.05, 0) is 39.1 Å². The molecule has 0 unspecified atom stereocenters. The predicted molar refractivity (Wildman–Crippen MR) is 77.5 cm³/mol. The third-order valence-corrected chi connectivity index (χ3v) is 3.30. The largest absolute Gasteiger partial charge is 0.293 e. The summed E-state index contributed by atoms with van der Waals surface area (Å²) in [5.74, 6) is 0.759. The van der Waals surface area contributed by atoms with Gasteiger partial charge >= 0.3 is 0 Å². The topological polar surface area (TPSA) is 62.3 Å². The van der Waals surface area contributed by atoms with E-state index in [1.807, 2.05) is 28.8 Å². The summed E-state index contributed by atoms with van der Waals surface area (Å²) in [5.41, 5.74) is 1.66. The molecule has 0 saturated heterocycles. The van der Waals surface area contributed by atoms with Crippen LogP contribution in [-0.4, -0.2) is 25.0 Å². The number of rotatable bonds is 1. The molecule has 5 nitrogen and oxygen atoms in total. The molecular formula is C13H15N5S. The van der Waals surface area contributed by atoms with E-state index in [0.29, 0.717) is 4.77 Å². The Balaban J connectivity index is 2.32. The Morgan fingerprint density at radius 3 is 2.58 bits per heavy atom. The normalized spacial score (nSPS) is 12.2. The van der Waals surface area contributed by atoms with Crippen molar-refractivity contribution in [3.63, 3.8) is 0 Å². The Hall–Kier alpha value is -1.95. The molecule has 2 N–H and O–H groups in total. The molecule has 19 heavy (non-hydrogen) atoms. The molecule has 2 heterocycles. The van der Waals surface area contributed by atoms with Gasteiger partial charge in [0.2, 0.25) is 0 Å². The molecule has 3 aromatic rings. The molecule has 0 fully saturated rings. The summed E-state index contributed by atoms with van der Waals surface area (Å²) >= 11 is 5.32. The van der Waals surface area contributed by atoms with Crippen LogP contribution in [0.25, 0.3) is 22.4 Å². The average molecular weight is 273 g/mol. The number of fused-ring (bicyclic) bond motifs is 1. The number of H-pyrrole nitrogens is 2. The number of benzene rings is 1. The second-order valence-electron chi connectivity index (χ2n) is 5.48. The lowest BCUT2D eigenvalue weighted by Crippen LogP contribution is -2.23. The molecule has 0 radical (unpaired) electrons. The number of para-hydroxylation sites is 1. The molecule has 3 rings (SSSR count). The molecule has 0 aliphatic rings. The van der Waals surface area contributed by atoms with Gasteiger partial charge in [0, 0.05) is 10.9 Å². The zero-order valence-corrected chi connectivity index (χ0v) is 11.9. The summed E-state index contributed by atoms with van der Waals surface area (Å²) in [4.78, 5) is 0. The highest BCUT2D eigenvalue weighted by molar-refractivity contribution is 7.71. The summed E-state index contributed by atoms with van der Waals surface area (Å²) in [6, 6.07) is 7.99. The van der Waals surface area contributed by atoms with Crippen LogP contribution in [0.2, 0.25) is 0 Å². The molecule has 98 valence electrons. The minimum atomic E-state index is -0.153. The van der Waals surface area contributed by atoms with Crippen LogP contribution >= 0.6 is 12.2 Å². The van der Waals surface area contributed by atoms with E-state index >= 15 is 0 Å². The lowest BCUT2D eigenvalue weighted by Gasteiger charge is -2.21. The van der Waals surface area contributed by atoms with Gasteiger partial charge < -0.3 is 0 Å². The van der Waals surface area contributed by atoms with E-state index in [2.05, 4.69) is 41.2 Å². The van der Waals surface area contributed by atoms with E-state index < -0.39 is 0 Å². The van der Waals surface area contributed by atoms with Crippen LogP contribution in [0.3, 0.4) is 0 Å². The average Bonchev–Trinajstić information content (AvgIpc) is 2.91. The van der Waals surface area contributed by atoms with Crippen molar-refractivity contribution in [3.05, 3.63) is 29.0 Å². The summed E-state index contributed by atoms with van der Waals surface area (Å²) in [6.07, 6.45) is 0.